The van der Waals surface area contributed by atoms with E-state index in [4.69, 9.17) is 0 Å². The summed E-state index contributed by atoms with van der Waals surface area (Å²) < 4.78 is 0. The van der Waals surface area contributed by atoms with Crippen LogP contribution in [0.15, 0.2) is 11.6 Å². The molecule has 2 nitrogen and oxygen atoms in total. The molecule has 29 heavy (non-hydrogen) atoms. The second-order valence-corrected chi connectivity index (χ2v) is 12.1. The number of allylic oxidation sites excluding steroid dienone is 1. The molecule has 0 spiro atoms. The van der Waals surface area contributed by atoms with E-state index in [9.17, 15) is 10.2 Å². The van der Waals surface area contributed by atoms with Crippen molar-refractivity contribution in [3.63, 3.8) is 0 Å². The first kappa shape index (κ1) is 21.9. The molecule has 3 fully saturated rings. The van der Waals surface area contributed by atoms with Crippen molar-refractivity contribution in [1.29, 1.82) is 0 Å². The first-order valence-corrected chi connectivity index (χ1v) is 12.7. The molecule has 4 rings (SSSR count). The van der Waals surface area contributed by atoms with Crippen molar-refractivity contribution < 1.29 is 10.2 Å². The molecule has 0 heterocycles. The highest BCUT2D eigenvalue weighted by atomic mass is 16.3. The van der Waals surface area contributed by atoms with Crippen molar-refractivity contribution in [2.75, 3.05) is 0 Å². The van der Waals surface area contributed by atoms with Gasteiger partial charge in [0.2, 0.25) is 0 Å². The zero-order valence-corrected chi connectivity index (χ0v) is 19.7. The molecule has 0 unspecified atom stereocenters. The highest BCUT2D eigenvalue weighted by Crippen LogP contribution is 2.67. The number of fused-ring (bicyclic) bond motifs is 5. The molecular weight excluding hydrogens is 356 g/mol. The van der Waals surface area contributed by atoms with Crippen LogP contribution in [0.3, 0.4) is 0 Å². The van der Waals surface area contributed by atoms with Crippen LogP contribution in [0.25, 0.3) is 0 Å². The van der Waals surface area contributed by atoms with Crippen LogP contribution in [0.1, 0.15) is 105 Å². The minimum atomic E-state index is -0.445. The van der Waals surface area contributed by atoms with E-state index in [1.54, 1.807) is 5.57 Å². The lowest BCUT2D eigenvalue weighted by Gasteiger charge is -2.59. The van der Waals surface area contributed by atoms with Crippen molar-refractivity contribution in [3.8, 4) is 0 Å². The summed E-state index contributed by atoms with van der Waals surface area (Å²) in [5.41, 5.74) is 1.98. The van der Waals surface area contributed by atoms with Gasteiger partial charge in [0.25, 0.3) is 0 Å². The summed E-state index contributed by atoms with van der Waals surface area (Å²) >= 11 is 0. The van der Waals surface area contributed by atoms with Gasteiger partial charge in [-0.1, -0.05) is 39.3 Å². The Morgan fingerprint density at radius 3 is 2.48 bits per heavy atom. The topological polar surface area (TPSA) is 40.5 Å². The highest BCUT2D eigenvalue weighted by molar-refractivity contribution is 5.27. The summed E-state index contributed by atoms with van der Waals surface area (Å²) in [7, 11) is 0. The van der Waals surface area contributed by atoms with E-state index in [-0.39, 0.29) is 6.10 Å². The standard InChI is InChI=1S/C27H46O2/c1-6-27(29)16-15-25(4)20(17-27)9-10-21-23-12-11-22(18(2)7-8-19(3)28)26(23,5)14-13-24(21)25/h9,18-19,21-24,28-29H,6-8,10-17H2,1-5H3/t18-,19-,21+,22-,23+,24+,25+,26-,27+/m1/s1. The molecule has 2 heteroatoms. The number of aliphatic hydroxyl groups is 2. The maximum absolute atomic E-state index is 10.9. The molecule has 0 aromatic rings. The van der Waals surface area contributed by atoms with E-state index in [1.807, 2.05) is 6.92 Å². The lowest BCUT2D eigenvalue weighted by atomic mass is 9.46. The third-order valence-electron chi connectivity index (χ3n) is 10.7. The number of aliphatic hydroxyl groups excluding tert-OH is 1. The molecular formula is C27H46O2. The fraction of sp³-hybridized carbons (Fsp3) is 0.926. The van der Waals surface area contributed by atoms with Gasteiger partial charge in [0.05, 0.1) is 11.7 Å². The summed E-state index contributed by atoms with van der Waals surface area (Å²) in [5, 5.41) is 20.7. The Labute approximate surface area is 179 Å². The predicted octanol–water partition coefficient (Wildman–Crippen LogP) is 6.50. The number of hydrogen-bond acceptors (Lipinski definition) is 2. The maximum atomic E-state index is 10.9. The van der Waals surface area contributed by atoms with Crippen LogP contribution >= 0.6 is 0 Å². The summed E-state index contributed by atoms with van der Waals surface area (Å²) in [6, 6.07) is 0. The molecule has 0 aromatic heterocycles. The Hall–Kier alpha value is -0.340. The van der Waals surface area contributed by atoms with Gasteiger partial charge in [-0.15, -0.1) is 0 Å². The van der Waals surface area contributed by atoms with Crippen LogP contribution in [0, 0.1) is 40.4 Å². The third kappa shape index (κ3) is 3.55. The van der Waals surface area contributed by atoms with Crippen LogP contribution in [0.5, 0.6) is 0 Å². The number of rotatable bonds is 5. The van der Waals surface area contributed by atoms with Crippen LogP contribution in [0.2, 0.25) is 0 Å². The average molecular weight is 403 g/mol. The molecule has 4 aliphatic rings. The second-order valence-electron chi connectivity index (χ2n) is 12.1. The van der Waals surface area contributed by atoms with Crippen molar-refractivity contribution in [3.05, 3.63) is 11.6 Å². The van der Waals surface area contributed by atoms with Gasteiger partial charge in [-0.25, -0.2) is 0 Å². The van der Waals surface area contributed by atoms with Crippen molar-refractivity contribution in [1.82, 2.24) is 0 Å². The summed E-state index contributed by atoms with van der Waals surface area (Å²) in [5.74, 6) is 4.12. The highest BCUT2D eigenvalue weighted by Gasteiger charge is 2.59. The quantitative estimate of drug-likeness (QED) is 0.515. The summed E-state index contributed by atoms with van der Waals surface area (Å²) in [6.45, 7) is 11.7. The van der Waals surface area contributed by atoms with Crippen LogP contribution in [-0.4, -0.2) is 21.9 Å². The fourth-order valence-corrected chi connectivity index (χ4v) is 8.69. The van der Waals surface area contributed by atoms with E-state index in [1.165, 1.54) is 44.9 Å². The largest absolute Gasteiger partial charge is 0.393 e. The zero-order chi connectivity index (χ0) is 21.0. The van der Waals surface area contributed by atoms with Gasteiger partial charge in [-0.2, -0.15) is 0 Å². The minimum absolute atomic E-state index is 0.159. The van der Waals surface area contributed by atoms with Crippen molar-refractivity contribution >= 4 is 0 Å². The maximum Gasteiger partial charge on any atom is 0.0682 e. The van der Waals surface area contributed by atoms with Crippen LogP contribution < -0.4 is 0 Å². The first-order chi connectivity index (χ1) is 13.6. The third-order valence-corrected chi connectivity index (χ3v) is 10.7. The van der Waals surface area contributed by atoms with E-state index in [2.05, 4.69) is 33.8 Å². The molecule has 4 aliphatic carbocycles. The molecule has 3 saturated carbocycles. The molecule has 0 aromatic carbocycles. The van der Waals surface area contributed by atoms with Gasteiger partial charge < -0.3 is 10.2 Å². The van der Waals surface area contributed by atoms with Gasteiger partial charge in [0.1, 0.15) is 0 Å². The van der Waals surface area contributed by atoms with Gasteiger partial charge in [-0.05, 0) is 118 Å². The second kappa shape index (κ2) is 7.66. The Kier molecular flexibility index (Phi) is 5.78. The molecule has 0 saturated heterocycles. The Morgan fingerprint density at radius 1 is 1.03 bits per heavy atom. The lowest BCUT2D eigenvalue weighted by Crippen LogP contribution is -2.52. The van der Waals surface area contributed by atoms with E-state index in [0.717, 1.165) is 55.3 Å². The van der Waals surface area contributed by atoms with E-state index >= 15 is 0 Å². The fourth-order valence-electron chi connectivity index (χ4n) is 8.69. The Bertz CT molecular complexity index is 638. The predicted molar refractivity (Wildman–Crippen MR) is 121 cm³/mol. The zero-order valence-electron chi connectivity index (χ0n) is 19.7. The summed E-state index contributed by atoms with van der Waals surface area (Å²) in [6.07, 6.45) is 15.4. The Balaban J connectivity index is 1.54. The molecule has 0 aliphatic heterocycles. The summed E-state index contributed by atoms with van der Waals surface area (Å²) in [4.78, 5) is 0. The normalized spacial score (nSPS) is 48.9. The smallest absolute Gasteiger partial charge is 0.0682 e. The SMILES string of the molecule is CC[C@]1(O)CC[C@@]2(C)C(=CC[C@H]3[C@@H]4CC[C@H]([C@H](C)CC[C@@H](C)O)[C@@]4(C)CC[C@@H]32)C1. The van der Waals surface area contributed by atoms with Crippen LogP contribution in [0.4, 0.5) is 0 Å². The molecule has 0 bridgehead atoms. The van der Waals surface area contributed by atoms with E-state index in [0.29, 0.717) is 10.8 Å². The average Bonchev–Trinajstić information content (AvgIpc) is 3.04. The lowest BCUT2D eigenvalue weighted by molar-refractivity contribution is -0.0757. The molecule has 2 N–H and O–H groups in total. The molecule has 9 atom stereocenters. The van der Waals surface area contributed by atoms with Crippen molar-refractivity contribution in [2.45, 2.75) is 117 Å². The molecule has 0 amide bonds. The van der Waals surface area contributed by atoms with Gasteiger partial charge in [-0.3, -0.25) is 0 Å². The van der Waals surface area contributed by atoms with Crippen molar-refractivity contribution in [2.24, 2.45) is 40.4 Å². The van der Waals surface area contributed by atoms with Gasteiger partial charge >= 0.3 is 0 Å². The van der Waals surface area contributed by atoms with Gasteiger partial charge in [0.15, 0.2) is 0 Å². The van der Waals surface area contributed by atoms with Gasteiger partial charge in [0, 0.05) is 0 Å². The minimum Gasteiger partial charge on any atom is -0.393 e. The van der Waals surface area contributed by atoms with Crippen LogP contribution in [-0.2, 0) is 0 Å². The number of hydrogen-bond donors (Lipinski definition) is 2. The monoisotopic (exact) mass is 402 g/mol. The Morgan fingerprint density at radius 2 is 1.79 bits per heavy atom. The first-order valence-electron chi connectivity index (χ1n) is 12.7. The molecule has 0 radical (unpaired) electrons. The van der Waals surface area contributed by atoms with E-state index < -0.39 is 5.60 Å². The molecule has 166 valence electrons.